The van der Waals surface area contributed by atoms with Crippen LogP contribution in [0, 0.1) is 5.92 Å². The number of halogens is 1. The van der Waals surface area contributed by atoms with Crippen molar-refractivity contribution in [2.45, 2.75) is 25.7 Å². The van der Waals surface area contributed by atoms with Gasteiger partial charge in [-0.15, -0.1) is 0 Å². The van der Waals surface area contributed by atoms with Crippen molar-refractivity contribution in [2.24, 2.45) is 5.92 Å². The highest BCUT2D eigenvalue weighted by Crippen LogP contribution is 2.20. The van der Waals surface area contributed by atoms with Crippen molar-refractivity contribution >= 4 is 35.1 Å². The molecule has 0 atom stereocenters. The lowest BCUT2D eigenvalue weighted by atomic mass is 9.95. The molecule has 8 nitrogen and oxygen atoms in total. The largest absolute Gasteiger partial charge is 0.459 e. The zero-order chi connectivity index (χ0) is 20.6. The number of rotatable bonds is 7. The van der Waals surface area contributed by atoms with Crippen LogP contribution in [0.2, 0.25) is 5.02 Å². The van der Waals surface area contributed by atoms with E-state index >= 15 is 0 Å². The van der Waals surface area contributed by atoms with Crippen molar-refractivity contribution in [3.05, 3.63) is 47.5 Å². The lowest BCUT2D eigenvalue weighted by molar-refractivity contribution is -0.134. The third-order valence-electron chi connectivity index (χ3n) is 4.80. The maximum Gasteiger partial charge on any atom is 0.286 e. The van der Waals surface area contributed by atoms with Gasteiger partial charge in [-0.2, -0.15) is 0 Å². The second-order valence-corrected chi connectivity index (χ2v) is 7.28. The minimum Gasteiger partial charge on any atom is -0.459 e. The molecule has 0 radical (unpaired) electrons. The summed E-state index contributed by atoms with van der Waals surface area (Å²) in [6.45, 7) is 1.49. The van der Waals surface area contributed by atoms with E-state index in [4.69, 9.17) is 16.0 Å². The van der Waals surface area contributed by atoms with Crippen molar-refractivity contribution < 1.29 is 18.8 Å². The molecule has 2 aromatic rings. The first-order chi connectivity index (χ1) is 14.0. The van der Waals surface area contributed by atoms with E-state index in [1.165, 1.54) is 12.5 Å². The molecule has 0 aromatic carbocycles. The molecule has 0 bridgehead atoms. The first kappa shape index (κ1) is 20.9. The molecular weight excluding hydrogens is 396 g/mol. The quantitative estimate of drug-likeness (QED) is 0.672. The van der Waals surface area contributed by atoms with Crippen LogP contribution in [0.15, 0.2) is 41.1 Å². The number of amides is 3. The Kier molecular flexibility index (Phi) is 7.24. The zero-order valence-electron chi connectivity index (χ0n) is 15.9. The van der Waals surface area contributed by atoms with E-state index in [1.54, 1.807) is 29.2 Å². The number of piperidine rings is 1. The minimum atomic E-state index is -0.288. The first-order valence-electron chi connectivity index (χ1n) is 9.55. The molecule has 1 aliphatic rings. The van der Waals surface area contributed by atoms with Gasteiger partial charge in [0, 0.05) is 38.2 Å². The first-order valence-corrected chi connectivity index (χ1v) is 9.92. The molecule has 0 unspecified atom stereocenters. The molecule has 9 heteroatoms. The lowest BCUT2D eigenvalue weighted by Gasteiger charge is -2.31. The number of hydrogen-bond donors (Lipinski definition) is 2. The van der Waals surface area contributed by atoms with E-state index in [9.17, 15) is 14.4 Å². The number of carbonyl (C=O) groups is 3. The number of pyridine rings is 1. The normalized spacial score (nSPS) is 14.4. The van der Waals surface area contributed by atoms with E-state index in [0.29, 0.717) is 56.2 Å². The smallest absolute Gasteiger partial charge is 0.286 e. The molecule has 1 fully saturated rings. The predicted molar refractivity (Wildman–Crippen MR) is 107 cm³/mol. The van der Waals surface area contributed by atoms with Gasteiger partial charge in [0.1, 0.15) is 5.82 Å². The van der Waals surface area contributed by atoms with Crippen molar-refractivity contribution in [3.63, 3.8) is 0 Å². The molecule has 3 rings (SSSR count). The number of nitrogens with zero attached hydrogens (tertiary/aromatic N) is 2. The lowest BCUT2D eigenvalue weighted by Crippen LogP contribution is -2.41. The van der Waals surface area contributed by atoms with Gasteiger partial charge in [0.25, 0.3) is 5.91 Å². The molecule has 29 heavy (non-hydrogen) atoms. The SMILES string of the molecule is O=C(NCCCC(=O)N1CCC(C(=O)Nc2ccc(Cl)cn2)CC1)c1ccco1. The highest BCUT2D eigenvalue weighted by molar-refractivity contribution is 6.30. The molecule has 2 aromatic heterocycles. The topological polar surface area (TPSA) is 105 Å². The average molecular weight is 419 g/mol. The van der Waals surface area contributed by atoms with E-state index in [2.05, 4.69) is 15.6 Å². The molecule has 3 heterocycles. The summed E-state index contributed by atoms with van der Waals surface area (Å²) in [5.41, 5.74) is 0. The van der Waals surface area contributed by atoms with Gasteiger partial charge in [-0.05, 0) is 43.5 Å². The second kappa shape index (κ2) is 10.1. The maximum atomic E-state index is 12.4. The molecule has 1 saturated heterocycles. The van der Waals surface area contributed by atoms with E-state index in [1.807, 2.05) is 0 Å². The van der Waals surface area contributed by atoms with Gasteiger partial charge in [-0.1, -0.05) is 11.6 Å². The van der Waals surface area contributed by atoms with E-state index in [0.717, 1.165) is 0 Å². The highest BCUT2D eigenvalue weighted by atomic mass is 35.5. The van der Waals surface area contributed by atoms with Crippen LogP contribution < -0.4 is 10.6 Å². The van der Waals surface area contributed by atoms with Crippen molar-refractivity contribution in [1.29, 1.82) is 0 Å². The molecule has 3 amide bonds. The number of anilines is 1. The van der Waals surface area contributed by atoms with Gasteiger partial charge in [0.05, 0.1) is 11.3 Å². The Morgan fingerprint density at radius 3 is 2.66 bits per heavy atom. The van der Waals surface area contributed by atoms with Gasteiger partial charge in [0.15, 0.2) is 5.76 Å². The number of aromatic nitrogens is 1. The fraction of sp³-hybridized carbons (Fsp3) is 0.400. The Labute approximate surface area is 173 Å². The van der Waals surface area contributed by atoms with Gasteiger partial charge in [0.2, 0.25) is 11.8 Å². The standard InChI is InChI=1S/C20H23ClN4O4/c21-15-5-6-17(23-13-15)24-19(27)14-7-10-25(11-8-14)18(26)4-1-9-22-20(28)16-3-2-12-29-16/h2-3,5-6,12-14H,1,4,7-11H2,(H,22,28)(H,23,24,27). The third kappa shape index (κ3) is 6.05. The molecule has 0 spiro atoms. The molecule has 154 valence electrons. The van der Waals surface area contributed by atoms with Crippen molar-refractivity contribution in [3.8, 4) is 0 Å². The summed E-state index contributed by atoms with van der Waals surface area (Å²) in [7, 11) is 0. The van der Waals surface area contributed by atoms with Gasteiger partial charge < -0.3 is 20.0 Å². The fourth-order valence-electron chi connectivity index (χ4n) is 3.16. The molecule has 1 aliphatic heterocycles. The van der Waals surface area contributed by atoms with Crippen LogP contribution in [0.5, 0.6) is 0 Å². The molecule has 2 N–H and O–H groups in total. The van der Waals surface area contributed by atoms with Crippen LogP contribution in [0.3, 0.4) is 0 Å². The molecular formula is C20H23ClN4O4. The van der Waals surface area contributed by atoms with Gasteiger partial charge in [-0.25, -0.2) is 4.98 Å². The minimum absolute atomic E-state index is 0.0375. The summed E-state index contributed by atoms with van der Waals surface area (Å²) >= 11 is 5.79. The van der Waals surface area contributed by atoms with Crippen LogP contribution in [-0.4, -0.2) is 47.2 Å². The van der Waals surface area contributed by atoms with Crippen LogP contribution in [0.1, 0.15) is 36.2 Å². The zero-order valence-corrected chi connectivity index (χ0v) is 16.7. The van der Waals surface area contributed by atoms with Crippen LogP contribution in [-0.2, 0) is 9.59 Å². The summed E-state index contributed by atoms with van der Waals surface area (Å²) in [4.78, 5) is 42.3. The number of furan rings is 1. The van der Waals surface area contributed by atoms with Crippen LogP contribution >= 0.6 is 11.6 Å². The van der Waals surface area contributed by atoms with Crippen molar-refractivity contribution in [2.75, 3.05) is 25.0 Å². The summed E-state index contributed by atoms with van der Waals surface area (Å²) in [5.74, 6) is 0.233. The average Bonchev–Trinajstić information content (AvgIpc) is 3.28. The Morgan fingerprint density at radius 1 is 1.21 bits per heavy atom. The number of hydrogen-bond acceptors (Lipinski definition) is 5. The summed E-state index contributed by atoms with van der Waals surface area (Å²) in [6, 6.07) is 6.56. The van der Waals surface area contributed by atoms with Gasteiger partial charge in [-0.3, -0.25) is 14.4 Å². The maximum absolute atomic E-state index is 12.4. The number of nitrogens with one attached hydrogen (secondary N) is 2. The van der Waals surface area contributed by atoms with E-state index in [-0.39, 0.29) is 29.4 Å². The number of likely N-dealkylation sites (tertiary alicyclic amines) is 1. The van der Waals surface area contributed by atoms with Crippen molar-refractivity contribution in [1.82, 2.24) is 15.2 Å². The summed E-state index contributed by atoms with van der Waals surface area (Å²) in [5, 5.41) is 6.02. The summed E-state index contributed by atoms with van der Waals surface area (Å²) < 4.78 is 5.01. The Hall–Kier alpha value is -2.87. The van der Waals surface area contributed by atoms with Gasteiger partial charge >= 0.3 is 0 Å². The monoisotopic (exact) mass is 418 g/mol. The van der Waals surface area contributed by atoms with E-state index < -0.39 is 0 Å². The Bertz CT molecular complexity index is 831. The Balaban J connectivity index is 1.34. The second-order valence-electron chi connectivity index (χ2n) is 6.84. The third-order valence-corrected chi connectivity index (χ3v) is 5.02. The fourth-order valence-corrected chi connectivity index (χ4v) is 3.28. The number of carbonyl (C=O) groups excluding carboxylic acids is 3. The highest BCUT2D eigenvalue weighted by Gasteiger charge is 2.27. The Morgan fingerprint density at radius 2 is 2.00 bits per heavy atom. The van der Waals surface area contributed by atoms with Crippen LogP contribution in [0.4, 0.5) is 5.82 Å². The predicted octanol–water partition coefficient (Wildman–Crippen LogP) is 2.72. The summed E-state index contributed by atoms with van der Waals surface area (Å²) in [6.07, 6.45) is 5.04. The van der Waals surface area contributed by atoms with Crippen LogP contribution in [0.25, 0.3) is 0 Å². The molecule has 0 aliphatic carbocycles. The molecule has 0 saturated carbocycles.